The Morgan fingerprint density at radius 3 is 2.04 bits per heavy atom. The van der Waals surface area contributed by atoms with E-state index in [1.165, 1.54) is 0 Å². The number of rotatable bonds is 6. The predicted octanol–water partition coefficient (Wildman–Crippen LogP) is 0.156. The highest BCUT2D eigenvalue weighted by Crippen LogP contribution is 2.94. The second-order valence-electron chi connectivity index (χ2n) is 5.34. The van der Waals surface area contributed by atoms with E-state index in [-0.39, 0.29) is 6.42 Å². The first-order valence-electron chi connectivity index (χ1n) is 6.83. The molecular formula is C11H17O11P3. The molecule has 1 aromatic carbocycles. The summed E-state index contributed by atoms with van der Waals surface area (Å²) in [6.45, 7) is -5.98. The number of benzene rings is 1. The van der Waals surface area contributed by atoms with Crippen LogP contribution in [0, 0.1) is 0 Å². The molecule has 2 rings (SSSR count). The van der Waals surface area contributed by atoms with Crippen LogP contribution < -0.4 is 0 Å². The van der Waals surface area contributed by atoms with Gasteiger partial charge in [0.05, 0.1) is 6.10 Å². The van der Waals surface area contributed by atoms with E-state index in [0.29, 0.717) is 5.56 Å². The summed E-state index contributed by atoms with van der Waals surface area (Å²) in [5, 5.41) is 19.8. The molecule has 1 aliphatic heterocycles. The smallest absolute Gasteiger partial charge is 0.387 e. The largest absolute Gasteiger partial charge is 0.424 e. The Labute approximate surface area is 141 Å². The SMILES string of the molecule is O=P(O)(O)P(=O)(O)P(=O)(O)O[C@H]1O[C@@H](Cc2ccccc2)[C@H](O)[C@@H]1O. The fourth-order valence-electron chi connectivity index (χ4n) is 2.16. The third kappa shape index (κ3) is 4.30. The van der Waals surface area contributed by atoms with Gasteiger partial charge in [-0.3, -0.25) is 9.09 Å². The van der Waals surface area contributed by atoms with Gasteiger partial charge in [-0.05, 0) is 5.56 Å². The second kappa shape index (κ2) is 7.31. The minimum atomic E-state index is -5.98. The zero-order valence-electron chi connectivity index (χ0n) is 12.5. The van der Waals surface area contributed by atoms with Crippen molar-refractivity contribution in [1.82, 2.24) is 0 Å². The van der Waals surface area contributed by atoms with Crippen LogP contribution in [-0.4, -0.2) is 54.4 Å². The topological polar surface area (TPSA) is 191 Å². The highest BCUT2D eigenvalue weighted by atomic mass is 32.5. The van der Waals surface area contributed by atoms with Gasteiger partial charge in [-0.1, -0.05) is 30.3 Å². The maximum atomic E-state index is 11.8. The first-order valence-corrected chi connectivity index (χ1v) is 13.1. The molecular weight excluding hydrogens is 401 g/mol. The third-order valence-electron chi connectivity index (χ3n) is 3.51. The number of aliphatic hydroxyl groups is 2. The first kappa shape index (κ1) is 20.9. The molecule has 6 N–H and O–H groups in total. The summed E-state index contributed by atoms with van der Waals surface area (Å²) >= 11 is 0. The van der Waals surface area contributed by atoms with Crippen molar-refractivity contribution >= 4 is 21.3 Å². The summed E-state index contributed by atoms with van der Waals surface area (Å²) in [5.41, 5.74) is 0.703. The maximum absolute atomic E-state index is 11.8. The third-order valence-corrected chi connectivity index (χ3v) is 13.8. The summed E-state index contributed by atoms with van der Waals surface area (Å²) in [4.78, 5) is 36.2. The predicted molar refractivity (Wildman–Crippen MR) is 83.6 cm³/mol. The van der Waals surface area contributed by atoms with Gasteiger partial charge in [0.1, 0.15) is 12.2 Å². The highest BCUT2D eigenvalue weighted by Gasteiger charge is 2.60. The van der Waals surface area contributed by atoms with Gasteiger partial charge in [-0.15, -0.1) is 0 Å². The Morgan fingerprint density at radius 2 is 1.52 bits per heavy atom. The van der Waals surface area contributed by atoms with Gasteiger partial charge < -0.3 is 34.5 Å². The first-order chi connectivity index (χ1) is 11.4. The van der Waals surface area contributed by atoms with Crippen LogP contribution in [0.2, 0.25) is 0 Å². The summed E-state index contributed by atoms with van der Waals surface area (Å²) < 4.78 is 43.7. The monoisotopic (exact) mass is 418 g/mol. The van der Waals surface area contributed by atoms with E-state index in [1.807, 2.05) is 0 Å². The van der Waals surface area contributed by atoms with Gasteiger partial charge in [0.2, 0.25) is 0 Å². The molecule has 0 aliphatic carbocycles. The molecule has 11 nitrogen and oxygen atoms in total. The molecule has 0 bridgehead atoms. The van der Waals surface area contributed by atoms with Crippen molar-refractivity contribution in [1.29, 1.82) is 0 Å². The minimum absolute atomic E-state index is 0.0872. The van der Waals surface area contributed by atoms with Gasteiger partial charge in [-0.25, -0.2) is 9.13 Å². The van der Waals surface area contributed by atoms with E-state index in [1.54, 1.807) is 30.3 Å². The van der Waals surface area contributed by atoms with Gasteiger partial charge in [0.15, 0.2) is 6.29 Å². The van der Waals surface area contributed by atoms with Gasteiger partial charge in [0, 0.05) is 6.42 Å². The molecule has 0 amide bonds. The molecule has 0 spiro atoms. The summed E-state index contributed by atoms with van der Waals surface area (Å²) in [6, 6.07) is 8.57. The van der Waals surface area contributed by atoms with Gasteiger partial charge in [-0.2, -0.15) is 0 Å². The Kier molecular flexibility index (Phi) is 6.11. The fraction of sp³-hybridized carbons (Fsp3) is 0.455. The van der Waals surface area contributed by atoms with E-state index in [0.717, 1.165) is 0 Å². The Morgan fingerprint density at radius 1 is 0.960 bits per heavy atom. The molecule has 6 atom stereocenters. The van der Waals surface area contributed by atoms with Gasteiger partial charge >= 0.3 is 21.3 Å². The van der Waals surface area contributed by atoms with E-state index in [9.17, 15) is 33.7 Å². The lowest BCUT2D eigenvalue weighted by molar-refractivity contribution is -0.111. The molecule has 1 fully saturated rings. The lowest BCUT2D eigenvalue weighted by atomic mass is 10.0. The summed E-state index contributed by atoms with van der Waals surface area (Å²) in [6.07, 6.45) is -6.43. The van der Waals surface area contributed by atoms with Crippen LogP contribution in [-0.2, 0) is 29.4 Å². The van der Waals surface area contributed by atoms with Crippen LogP contribution in [0.15, 0.2) is 30.3 Å². The molecule has 1 aliphatic rings. The fourth-order valence-corrected chi connectivity index (χ4v) is 7.58. The standard InChI is InChI=1S/C11H17O11P3/c12-9-8(6-7-4-2-1-3-5-7)21-11(10(9)13)22-24(17,18)25(19,20)23(14,15)16/h1-5,8-13H,6H2,(H,17,18)(H,19,20)(H2,14,15,16)/t8-,9-,10-,11+/m0/s1. The lowest BCUT2D eigenvalue weighted by Gasteiger charge is -2.22. The summed E-state index contributed by atoms with van der Waals surface area (Å²) in [7, 11) is -11.7. The minimum Gasteiger partial charge on any atom is -0.387 e. The van der Waals surface area contributed by atoms with Crippen molar-refractivity contribution in [2.45, 2.75) is 31.0 Å². The normalized spacial score (nSPS) is 32.1. The number of hydrogen-bond acceptors (Lipinski definition) is 7. The van der Waals surface area contributed by atoms with E-state index >= 15 is 0 Å². The Hall–Kier alpha value is -0.410. The second-order valence-corrected chi connectivity index (χ2v) is 15.9. The van der Waals surface area contributed by atoms with Crippen LogP contribution in [0.1, 0.15) is 5.56 Å². The lowest BCUT2D eigenvalue weighted by Crippen LogP contribution is -2.33. The van der Waals surface area contributed by atoms with Crippen LogP contribution >= 0.6 is 21.3 Å². The molecule has 14 heteroatoms. The molecule has 1 aromatic rings. The average molecular weight is 418 g/mol. The number of ether oxygens (including phenoxy) is 1. The number of hydrogen-bond donors (Lipinski definition) is 6. The van der Waals surface area contributed by atoms with Crippen molar-refractivity contribution in [2.75, 3.05) is 0 Å². The van der Waals surface area contributed by atoms with E-state index in [4.69, 9.17) is 14.5 Å². The zero-order valence-corrected chi connectivity index (χ0v) is 15.2. The molecule has 1 heterocycles. The van der Waals surface area contributed by atoms with Crippen molar-refractivity contribution in [3.05, 3.63) is 35.9 Å². The van der Waals surface area contributed by atoms with Crippen LogP contribution in [0.3, 0.4) is 0 Å². The van der Waals surface area contributed by atoms with Crippen molar-refractivity contribution in [2.24, 2.45) is 0 Å². The van der Waals surface area contributed by atoms with Crippen molar-refractivity contribution in [3.63, 3.8) is 0 Å². The van der Waals surface area contributed by atoms with Crippen molar-refractivity contribution < 1.29 is 52.7 Å². The van der Waals surface area contributed by atoms with Crippen LogP contribution in [0.25, 0.3) is 0 Å². The number of aliphatic hydroxyl groups excluding tert-OH is 2. The maximum Gasteiger partial charge on any atom is 0.424 e. The molecule has 0 aromatic heterocycles. The molecule has 0 radical (unpaired) electrons. The highest BCUT2D eigenvalue weighted by molar-refractivity contribution is 8.60. The zero-order chi connectivity index (χ0) is 19.0. The van der Waals surface area contributed by atoms with E-state index in [2.05, 4.69) is 4.52 Å². The molecule has 142 valence electrons. The van der Waals surface area contributed by atoms with Gasteiger partial charge in [0.25, 0.3) is 0 Å². The van der Waals surface area contributed by atoms with E-state index < -0.39 is 45.9 Å². The molecule has 1 saturated heterocycles. The summed E-state index contributed by atoms with van der Waals surface area (Å²) in [5.74, 6) is 0. The Bertz CT molecular complexity index is 747. The Balaban J connectivity index is 2.14. The van der Waals surface area contributed by atoms with Crippen molar-refractivity contribution in [3.8, 4) is 0 Å². The molecule has 0 saturated carbocycles. The average Bonchev–Trinajstić information content (AvgIpc) is 2.75. The molecule has 2 unspecified atom stereocenters. The quantitative estimate of drug-likeness (QED) is 0.345. The molecule has 25 heavy (non-hydrogen) atoms. The van der Waals surface area contributed by atoms with Crippen LogP contribution in [0.5, 0.6) is 0 Å². The van der Waals surface area contributed by atoms with Crippen LogP contribution in [0.4, 0.5) is 0 Å².